The first-order valence-corrected chi connectivity index (χ1v) is 8.30. The van der Waals surface area contributed by atoms with E-state index in [0.29, 0.717) is 4.88 Å². The molecule has 0 aliphatic carbocycles. The fourth-order valence-corrected chi connectivity index (χ4v) is 3.36. The molecule has 0 unspecified atom stereocenters. The minimum Gasteiger partial charge on any atom is -0.497 e. The van der Waals surface area contributed by atoms with Gasteiger partial charge in [-0.15, -0.1) is 11.3 Å². The number of rotatable bonds is 5. The molecule has 0 aliphatic heterocycles. The molecular weight excluding hydrogens is 321 g/mol. The highest BCUT2D eigenvalue weighted by Gasteiger charge is 2.15. The molecule has 6 heteroatoms. The third-order valence-electron chi connectivity index (χ3n) is 3.57. The first kappa shape index (κ1) is 16.3. The Morgan fingerprint density at radius 2 is 2.04 bits per heavy atom. The first-order valence-electron chi connectivity index (χ1n) is 7.48. The van der Waals surface area contributed by atoms with Crippen LogP contribution in [0.1, 0.15) is 15.2 Å². The van der Waals surface area contributed by atoms with Crippen molar-refractivity contribution in [2.45, 2.75) is 6.61 Å². The molecule has 2 aromatic heterocycles. The lowest BCUT2D eigenvalue weighted by atomic mass is 9.94. The van der Waals surface area contributed by atoms with Crippen molar-refractivity contribution in [2.24, 2.45) is 0 Å². The van der Waals surface area contributed by atoms with E-state index in [-0.39, 0.29) is 12.6 Å². The second kappa shape index (κ2) is 7.32. The molecule has 3 rings (SSSR count). The third-order valence-corrected chi connectivity index (χ3v) is 4.84. The highest BCUT2D eigenvalue weighted by atomic mass is 32.1. The van der Waals surface area contributed by atoms with Crippen LogP contribution >= 0.6 is 11.3 Å². The molecule has 0 bridgehead atoms. The minimum absolute atomic E-state index is 0.238. The Labute approximate surface area is 145 Å². The highest BCUT2D eigenvalue weighted by molar-refractivity contribution is 7.18. The van der Waals surface area contributed by atoms with Gasteiger partial charge in [0.25, 0.3) is 0 Å². The van der Waals surface area contributed by atoms with Gasteiger partial charge in [-0.2, -0.15) is 0 Å². The van der Waals surface area contributed by atoms with Crippen LogP contribution in [0.15, 0.2) is 54.9 Å². The van der Waals surface area contributed by atoms with Crippen LogP contribution in [0.3, 0.4) is 0 Å². The maximum absolute atomic E-state index is 12.3. The molecule has 0 saturated carbocycles. The summed E-state index contributed by atoms with van der Waals surface area (Å²) in [4.78, 5) is 18.1. The number of hydrogen-bond donors (Lipinski definition) is 0. The predicted octanol–water partition coefficient (Wildman–Crippen LogP) is 2.43. The lowest BCUT2D eigenvalue weighted by Crippen LogP contribution is -2.05. The van der Waals surface area contributed by atoms with Gasteiger partial charge >= 0.3 is 5.97 Å². The van der Waals surface area contributed by atoms with Gasteiger partial charge in [0.2, 0.25) is 0 Å². The number of nitrogens with zero attached hydrogens (tertiary/aromatic N) is 1. The number of methoxy groups -OCH3 is 1. The third kappa shape index (κ3) is 3.66. The Hall–Kier alpha value is -2.60. The number of aromatic nitrogens is 1. The standard InChI is InChI=1S/C18H16BNO3S/c1-22-14-6-4-12(5-7-14)11-23-18(21)16-9-15(19)17(24-16)13-3-2-8-20-10-13/h2-10H,11,19H2,1H3. The molecular formula is C18H16BNO3S. The molecule has 0 aliphatic rings. The van der Waals surface area contributed by atoms with Crippen LogP contribution in [0, 0.1) is 0 Å². The van der Waals surface area contributed by atoms with E-state index in [9.17, 15) is 4.79 Å². The highest BCUT2D eigenvalue weighted by Crippen LogP contribution is 2.25. The average molecular weight is 337 g/mol. The Morgan fingerprint density at radius 3 is 2.71 bits per heavy atom. The van der Waals surface area contributed by atoms with E-state index < -0.39 is 0 Å². The maximum atomic E-state index is 12.3. The molecule has 1 aromatic carbocycles. The number of thiophene rings is 1. The van der Waals surface area contributed by atoms with Crippen LogP contribution in [-0.4, -0.2) is 25.9 Å². The quantitative estimate of drug-likeness (QED) is 0.530. The zero-order valence-electron chi connectivity index (χ0n) is 13.5. The van der Waals surface area contributed by atoms with Crippen LogP contribution < -0.4 is 10.2 Å². The second-order valence-electron chi connectivity index (χ2n) is 5.29. The zero-order chi connectivity index (χ0) is 16.9. The van der Waals surface area contributed by atoms with Gasteiger partial charge in [-0.25, -0.2) is 4.79 Å². The van der Waals surface area contributed by atoms with Crippen LogP contribution in [0.4, 0.5) is 0 Å². The zero-order valence-corrected chi connectivity index (χ0v) is 14.3. The summed E-state index contributed by atoms with van der Waals surface area (Å²) in [6, 6.07) is 13.2. The summed E-state index contributed by atoms with van der Waals surface area (Å²) in [5, 5.41) is 0. The molecule has 2 heterocycles. The number of pyridine rings is 1. The second-order valence-corrected chi connectivity index (χ2v) is 6.34. The van der Waals surface area contributed by atoms with E-state index in [0.717, 1.165) is 27.2 Å². The fraction of sp³-hybridized carbons (Fsp3) is 0.111. The van der Waals surface area contributed by atoms with E-state index in [1.54, 1.807) is 19.5 Å². The molecule has 0 spiro atoms. The summed E-state index contributed by atoms with van der Waals surface area (Å²) in [6.07, 6.45) is 3.53. The largest absolute Gasteiger partial charge is 0.497 e. The Morgan fingerprint density at radius 1 is 1.25 bits per heavy atom. The Balaban J connectivity index is 1.69. The van der Waals surface area contributed by atoms with Gasteiger partial charge in [-0.05, 0) is 29.8 Å². The van der Waals surface area contributed by atoms with E-state index in [1.807, 2.05) is 50.3 Å². The number of carbonyl (C=O) groups excluding carboxylic acids is 1. The van der Waals surface area contributed by atoms with Crippen molar-refractivity contribution in [2.75, 3.05) is 7.11 Å². The molecule has 0 amide bonds. The van der Waals surface area contributed by atoms with Crippen LogP contribution in [0.5, 0.6) is 5.75 Å². The van der Waals surface area contributed by atoms with Gasteiger partial charge in [-0.3, -0.25) is 4.98 Å². The SMILES string of the molecule is Bc1cc(C(=O)OCc2ccc(OC)cc2)sc1-c1cccnc1. The number of carbonyl (C=O) groups is 1. The number of ether oxygens (including phenoxy) is 2. The summed E-state index contributed by atoms with van der Waals surface area (Å²) < 4.78 is 10.5. The molecule has 0 atom stereocenters. The molecule has 0 fully saturated rings. The Bertz CT molecular complexity index is 831. The lowest BCUT2D eigenvalue weighted by molar-refractivity contribution is 0.0478. The van der Waals surface area contributed by atoms with Crippen LogP contribution in [-0.2, 0) is 11.3 Å². The summed E-state index contributed by atoms with van der Waals surface area (Å²) in [7, 11) is 3.60. The smallest absolute Gasteiger partial charge is 0.348 e. The summed E-state index contributed by atoms with van der Waals surface area (Å²) in [5.74, 6) is 0.467. The van der Waals surface area contributed by atoms with Crippen molar-refractivity contribution in [3.05, 3.63) is 65.3 Å². The van der Waals surface area contributed by atoms with Crippen LogP contribution in [0.25, 0.3) is 10.4 Å². The van der Waals surface area contributed by atoms with Crippen molar-refractivity contribution >= 4 is 30.6 Å². The topological polar surface area (TPSA) is 48.4 Å². The van der Waals surface area contributed by atoms with Gasteiger partial charge in [0.15, 0.2) is 0 Å². The Kier molecular flexibility index (Phi) is 4.96. The molecule has 120 valence electrons. The van der Waals surface area contributed by atoms with Gasteiger partial charge < -0.3 is 9.47 Å². The van der Waals surface area contributed by atoms with Gasteiger partial charge in [0.05, 0.1) is 7.11 Å². The van der Waals surface area contributed by atoms with Crippen molar-refractivity contribution in [1.82, 2.24) is 4.98 Å². The number of hydrogen-bond acceptors (Lipinski definition) is 5. The van der Waals surface area contributed by atoms with Crippen molar-refractivity contribution < 1.29 is 14.3 Å². The van der Waals surface area contributed by atoms with Crippen molar-refractivity contribution in [1.29, 1.82) is 0 Å². The van der Waals surface area contributed by atoms with Gasteiger partial charge in [-0.1, -0.05) is 23.7 Å². The monoisotopic (exact) mass is 337 g/mol. The van der Waals surface area contributed by atoms with E-state index in [1.165, 1.54) is 11.3 Å². The van der Waals surface area contributed by atoms with Gasteiger partial charge in [0.1, 0.15) is 25.1 Å². The van der Waals surface area contributed by atoms with E-state index in [4.69, 9.17) is 9.47 Å². The molecule has 24 heavy (non-hydrogen) atoms. The normalized spacial score (nSPS) is 10.4. The average Bonchev–Trinajstić information content (AvgIpc) is 3.02. The van der Waals surface area contributed by atoms with Crippen LogP contribution in [0.2, 0.25) is 0 Å². The minimum atomic E-state index is -0.311. The van der Waals surface area contributed by atoms with Gasteiger partial charge in [0, 0.05) is 22.8 Å². The molecule has 3 aromatic rings. The molecule has 4 nitrogen and oxygen atoms in total. The van der Waals surface area contributed by atoms with E-state index in [2.05, 4.69) is 4.98 Å². The molecule has 0 radical (unpaired) electrons. The molecule has 0 N–H and O–H groups in total. The summed E-state index contributed by atoms with van der Waals surface area (Å²) in [5.41, 5.74) is 2.98. The van der Waals surface area contributed by atoms with E-state index >= 15 is 0 Å². The fourth-order valence-electron chi connectivity index (χ4n) is 2.31. The maximum Gasteiger partial charge on any atom is 0.348 e. The van der Waals surface area contributed by atoms with Crippen molar-refractivity contribution in [3.63, 3.8) is 0 Å². The lowest BCUT2D eigenvalue weighted by Gasteiger charge is -2.04. The number of benzene rings is 1. The summed E-state index contributed by atoms with van der Waals surface area (Å²) >= 11 is 1.43. The number of esters is 1. The predicted molar refractivity (Wildman–Crippen MR) is 97.8 cm³/mol. The van der Waals surface area contributed by atoms with Crippen molar-refractivity contribution in [3.8, 4) is 16.2 Å². The summed E-state index contributed by atoms with van der Waals surface area (Å²) in [6.45, 7) is 0.238. The first-order chi connectivity index (χ1) is 11.7. The molecule has 0 saturated heterocycles.